The van der Waals surface area contributed by atoms with E-state index in [1.807, 2.05) is 38.1 Å². The first-order valence-corrected chi connectivity index (χ1v) is 11.3. The summed E-state index contributed by atoms with van der Waals surface area (Å²) in [6.45, 7) is 5.45. The van der Waals surface area contributed by atoms with Crippen molar-refractivity contribution in [2.24, 2.45) is 0 Å². The van der Waals surface area contributed by atoms with Gasteiger partial charge in [-0.1, -0.05) is 11.6 Å². The third-order valence-corrected chi connectivity index (χ3v) is 6.48. The number of fused-ring (bicyclic) bond motifs is 5. The van der Waals surface area contributed by atoms with Gasteiger partial charge in [-0.25, -0.2) is 15.0 Å². The summed E-state index contributed by atoms with van der Waals surface area (Å²) < 4.78 is 6.46. The van der Waals surface area contributed by atoms with Crippen LogP contribution in [0.3, 0.4) is 0 Å². The molecule has 9 heteroatoms. The Morgan fingerprint density at radius 3 is 2.90 bits per heavy atom. The number of amides is 1. The Morgan fingerprint density at radius 2 is 2.06 bits per heavy atom. The molecule has 0 bridgehead atoms. The van der Waals surface area contributed by atoms with E-state index in [1.165, 1.54) is 11.3 Å². The summed E-state index contributed by atoms with van der Waals surface area (Å²) in [5.41, 5.74) is 3.05. The lowest BCUT2D eigenvalue weighted by molar-refractivity contribution is 0.0949. The standard InChI is InChI=1S/C22H20ClN5O2S/c1-3-30-10-18-27-15(8-17(23)28-18)14-5-4-12-13(26-14)6-7-16-19(12)20-21(31-16)22(29)25-11(2)9-24-20/h4-8,11,24H,3,9-10H2,1-2H3,(H,25,29)/t11-/m1/s1. The van der Waals surface area contributed by atoms with E-state index >= 15 is 0 Å². The Hall–Kier alpha value is -2.81. The molecule has 158 valence electrons. The summed E-state index contributed by atoms with van der Waals surface area (Å²) in [7, 11) is 0. The van der Waals surface area contributed by atoms with Gasteiger partial charge in [-0.2, -0.15) is 0 Å². The average molecular weight is 454 g/mol. The first-order valence-electron chi connectivity index (χ1n) is 10.1. The van der Waals surface area contributed by atoms with Crippen LogP contribution in [-0.2, 0) is 11.3 Å². The van der Waals surface area contributed by atoms with Crippen LogP contribution in [0.15, 0.2) is 30.3 Å². The number of ether oxygens (including phenoxy) is 1. The molecule has 0 fully saturated rings. The zero-order valence-electron chi connectivity index (χ0n) is 17.0. The number of aromatic nitrogens is 3. The van der Waals surface area contributed by atoms with Gasteiger partial charge in [0, 0.05) is 40.7 Å². The third kappa shape index (κ3) is 3.71. The lowest BCUT2D eigenvalue weighted by Crippen LogP contribution is -2.34. The Bertz CT molecular complexity index is 1320. The summed E-state index contributed by atoms with van der Waals surface area (Å²) in [4.78, 5) is 26.9. The summed E-state index contributed by atoms with van der Waals surface area (Å²) in [5, 5.41) is 8.83. The zero-order valence-corrected chi connectivity index (χ0v) is 18.6. The van der Waals surface area contributed by atoms with Crippen molar-refractivity contribution in [3.05, 3.63) is 46.2 Å². The molecular formula is C22H20ClN5O2S. The van der Waals surface area contributed by atoms with Crippen molar-refractivity contribution < 1.29 is 9.53 Å². The maximum absolute atomic E-state index is 12.6. The van der Waals surface area contributed by atoms with Crippen molar-refractivity contribution >= 4 is 55.5 Å². The second-order valence-corrected chi connectivity index (χ2v) is 8.83. The van der Waals surface area contributed by atoms with Gasteiger partial charge in [0.05, 0.1) is 22.6 Å². The highest BCUT2D eigenvalue weighted by atomic mass is 35.5. The van der Waals surface area contributed by atoms with E-state index in [9.17, 15) is 4.79 Å². The fourth-order valence-electron chi connectivity index (χ4n) is 3.72. The summed E-state index contributed by atoms with van der Waals surface area (Å²) in [6.07, 6.45) is 0. The monoisotopic (exact) mass is 453 g/mol. The van der Waals surface area contributed by atoms with E-state index in [-0.39, 0.29) is 11.9 Å². The van der Waals surface area contributed by atoms with Crippen LogP contribution in [-0.4, -0.2) is 40.1 Å². The highest BCUT2D eigenvalue weighted by molar-refractivity contribution is 7.21. The van der Waals surface area contributed by atoms with Crippen molar-refractivity contribution in [3.63, 3.8) is 0 Å². The molecule has 31 heavy (non-hydrogen) atoms. The smallest absolute Gasteiger partial charge is 0.263 e. The number of nitrogens with zero attached hydrogens (tertiary/aromatic N) is 3. The van der Waals surface area contributed by atoms with Crippen LogP contribution >= 0.6 is 22.9 Å². The van der Waals surface area contributed by atoms with Crippen molar-refractivity contribution in [1.82, 2.24) is 20.3 Å². The minimum Gasteiger partial charge on any atom is -0.381 e. The fraction of sp³-hybridized carbons (Fsp3) is 0.273. The maximum atomic E-state index is 12.6. The first kappa shape index (κ1) is 20.1. The van der Waals surface area contributed by atoms with Gasteiger partial charge < -0.3 is 15.4 Å². The molecule has 1 aliphatic heterocycles. The number of halogens is 1. The molecule has 4 aromatic rings. The Kier molecular flexibility index (Phi) is 5.21. The van der Waals surface area contributed by atoms with Gasteiger partial charge in [0.1, 0.15) is 16.6 Å². The molecule has 0 aliphatic carbocycles. The van der Waals surface area contributed by atoms with Crippen molar-refractivity contribution in [2.45, 2.75) is 26.5 Å². The summed E-state index contributed by atoms with van der Waals surface area (Å²) in [6, 6.07) is 9.71. The quantitative estimate of drug-likeness (QED) is 0.437. The first-order chi connectivity index (χ1) is 15.0. The van der Waals surface area contributed by atoms with Gasteiger partial charge in [-0.05, 0) is 38.1 Å². The van der Waals surface area contributed by atoms with Crippen LogP contribution in [0, 0.1) is 0 Å². The molecule has 0 radical (unpaired) electrons. The van der Waals surface area contributed by atoms with Gasteiger partial charge in [0.25, 0.3) is 5.91 Å². The predicted molar refractivity (Wildman–Crippen MR) is 124 cm³/mol. The highest BCUT2D eigenvalue weighted by Crippen LogP contribution is 2.41. The van der Waals surface area contributed by atoms with Gasteiger partial charge in [-0.3, -0.25) is 4.79 Å². The Balaban J connectivity index is 1.63. The lowest BCUT2D eigenvalue weighted by Gasteiger charge is -2.10. The minimum absolute atomic E-state index is 0.0381. The molecule has 3 aromatic heterocycles. The van der Waals surface area contributed by atoms with E-state index in [2.05, 4.69) is 20.6 Å². The van der Waals surface area contributed by atoms with E-state index in [1.54, 1.807) is 6.07 Å². The Labute approximate surface area is 187 Å². The normalized spacial score (nSPS) is 16.1. The topological polar surface area (TPSA) is 89.0 Å². The van der Waals surface area contributed by atoms with Crippen LogP contribution in [0.25, 0.3) is 32.4 Å². The Morgan fingerprint density at radius 1 is 1.19 bits per heavy atom. The molecular weight excluding hydrogens is 434 g/mol. The molecule has 1 amide bonds. The van der Waals surface area contributed by atoms with Crippen molar-refractivity contribution in [3.8, 4) is 11.4 Å². The van der Waals surface area contributed by atoms with Crippen LogP contribution in [0.4, 0.5) is 5.69 Å². The number of carbonyl (C=O) groups excluding carboxylic acids is 1. The molecule has 5 rings (SSSR count). The number of thiophene rings is 1. The van der Waals surface area contributed by atoms with E-state index < -0.39 is 0 Å². The number of pyridine rings is 1. The van der Waals surface area contributed by atoms with Crippen molar-refractivity contribution in [2.75, 3.05) is 18.5 Å². The minimum atomic E-state index is -0.0381. The second kappa shape index (κ2) is 8.03. The SMILES string of the molecule is CCOCc1nc(Cl)cc(-c2ccc3c(ccc4sc5c(c43)NC[C@@H](C)NC5=O)n2)n1. The summed E-state index contributed by atoms with van der Waals surface area (Å²) >= 11 is 7.70. The van der Waals surface area contributed by atoms with E-state index in [0.717, 1.165) is 26.7 Å². The number of hydrogen-bond donors (Lipinski definition) is 2. The third-order valence-electron chi connectivity index (χ3n) is 5.13. The maximum Gasteiger partial charge on any atom is 0.263 e. The summed E-state index contributed by atoms with van der Waals surface area (Å²) in [5.74, 6) is 0.484. The molecule has 1 aromatic carbocycles. The largest absolute Gasteiger partial charge is 0.381 e. The van der Waals surface area contributed by atoms with Crippen LogP contribution < -0.4 is 10.6 Å². The van der Waals surface area contributed by atoms with Gasteiger partial charge in [-0.15, -0.1) is 11.3 Å². The van der Waals surface area contributed by atoms with Gasteiger partial charge in [0.2, 0.25) is 0 Å². The van der Waals surface area contributed by atoms with Crippen LogP contribution in [0.5, 0.6) is 0 Å². The number of hydrogen-bond acceptors (Lipinski definition) is 7. The van der Waals surface area contributed by atoms with E-state index in [4.69, 9.17) is 21.3 Å². The highest BCUT2D eigenvalue weighted by Gasteiger charge is 2.24. The molecule has 2 N–H and O–H groups in total. The average Bonchev–Trinajstić information content (AvgIpc) is 3.08. The molecule has 7 nitrogen and oxygen atoms in total. The molecule has 0 saturated heterocycles. The number of nitrogens with one attached hydrogen (secondary N) is 2. The van der Waals surface area contributed by atoms with Gasteiger partial charge in [0.15, 0.2) is 5.82 Å². The van der Waals surface area contributed by atoms with Crippen molar-refractivity contribution in [1.29, 1.82) is 0 Å². The molecule has 0 spiro atoms. The fourth-order valence-corrected chi connectivity index (χ4v) is 5.02. The molecule has 4 heterocycles. The number of benzene rings is 1. The van der Waals surface area contributed by atoms with E-state index in [0.29, 0.717) is 47.0 Å². The van der Waals surface area contributed by atoms with Gasteiger partial charge >= 0.3 is 0 Å². The molecule has 1 atom stereocenters. The van der Waals surface area contributed by atoms with Crippen LogP contribution in [0.1, 0.15) is 29.3 Å². The molecule has 1 aliphatic rings. The predicted octanol–water partition coefficient (Wildman–Crippen LogP) is 4.64. The molecule has 0 saturated carbocycles. The lowest BCUT2D eigenvalue weighted by atomic mass is 10.1. The number of carbonyl (C=O) groups is 1. The zero-order chi connectivity index (χ0) is 21.5. The van der Waals surface area contributed by atoms with Crippen LogP contribution in [0.2, 0.25) is 5.15 Å². The number of anilines is 1. The second-order valence-electron chi connectivity index (χ2n) is 7.39. The number of rotatable bonds is 4. The molecule has 0 unspecified atom stereocenters.